The minimum Gasteiger partial charge on any atom is -0.352 e. The van der Waals surface area contributed by atoms with Gasteiger partial charge in [0.15, 0.2) is 4.77 Å². The molecule has 0 aliphatic rings. The number of nitrogens with one attached hydrogen (secondary N) is 2. The van der Waals surface area contributed by atoms with Crippen molar-refractivity contribution in [1.29, 1.82) is 0 Å². The van der Waals surface area contributed by atoms with E-state index in [-0.39, 0.29) is 18.0 Å². The van der Waals surface area contributed by atoms with Crippen LogP contribution in [-0.2, 0) is 4.79 Å². The molecule has 1 amide bonds. The van der Waals surface area contributed by atoms with E-state index < -0.39 is 0 Å². The van der Waals surface area contributed by atoms with E-state index in [1.807, 2.05) is 38.5 Å². The Hall–Kier alpha value is -1.10. The molecule has 5 heteroatoms. The lowest BCUT2D eigenvalue weighted by atomic mass is 10.2. The van der Waals surface area contributed by atoms with E-state index >= 15 is 0 Å². The van der Waals surface area contributed by atoms with E-state index in [1.54, 1.807) is 0 Å². The average Bonchev–Trinajstić information content (AvgIpc) is 2.44. The number of hydrogen-bond donors (Lipinski definition) is 2. The molecule has 15 heavy (non-hydrogen) atoms. The Morgan fingerprint density at radius 1 is 1.53 bits per heavy atom. The van der Waals surface area contributed by atoms with Crippen LogP contribution in [0.25, 0.3) is 0 Å². The molecule has 84 valence electrons. The quantitative estimate of drug-likeness (QED) is 0.775. The number of hydrogen-bond acceptors (Lipinski definition) is 2. The summed E-state index contributed by atoms with van der Waals surface area (Å²) in [5, 5.41) is 2.87. The number of H-pyrrole nitrogens is 1. The Morgan fingerprint density at radius 2 is 2.13 bits per heavy atom. The molecule has 2 N–H and O–H groups in total. The lowest BCUT2D eigenvalue weighted by Crippen LogP contribution is -2.36. The summed E-state index contributed by atoms with van der Waals surface area (Å²) < 4.78 is 2.39. The molecule has 0 spiro atoms. The van der Waals surface area contributed by atoms with Crippen LogP contribution in [0, 0.1) is 11.7 Å². The normalized spacial score (nSPS) is 12.9. The largest absolute Gasteiger partial charge is 0.352 e. The number of amides is 1. The third-order valence-electron chi connectivity index (χ3n) is 2.20. The Kier molecular flexibility index (Phi) is 3.68. The molecule has 1 atom stereocenters. The molecule has 0 bridgehead atoms. The highest BCUT2D eigenvalue weighted by Gasteiger charge is 2.17. The van der Waals surface area contributed by atoms with E-state index in [0.29, 0.717) is 4.77 Å². The maximum Gasteiger partial charge on any atom is 0.243 e. The summed E-state index contributed by atoms with van der Waals surface area (Å²) in [4.78, 5) is 14.7. The van der Waals surface area contributed by atoms with E-state index in [9.17, 15) is 4.79 Å². The highest BCUT2D eigenvalue weighted by Crippen LogP contribution is 2.11. The number of aromatic amines is 1. The zero-order chi connectivity index (χ0) is 11.6. The van der Waals surface area contributed by atoms with Crippen molar-refractivity contribution in [3.63, 3.8) is 0 Å². The molecule has 0 radical (unpaired) electrons. The van der Waals surface area contributed by atoms with E-state index in [4.69, 9.17) is 12.2 Å². The minimum atomic E-state index is -0.272. The predicted octanol–water partition coefficient (Wildman–Crippen LogP) is 1.94. The van der Waals surface area contributed by atoms with Crippen LogP contribution < -0.4 is 5.32 Å². The van der Waals surface area contributed by atoms with Crippen LogP contribution in [0.4, 0.5) is 0 Å². The third-order valence-corrected chi connectivity index (χ3v) is 2.52. The Balaban J connectivity index is 2.90. The van der Waals surface area contributed by atoms with E-state index in [1.165, 1.54) is 0 Å². The summed E-state index contributed by atoms with van der Waals surface area (Å²) in [5.41, 5.74) is 0.964. The van der Waals surface area contributed by atoms with Crippen LogP contribution in [0.2, 0.25) is 0 Å². The van der Waals surface area contributed by atoms with E-state index in [0.717, 1.165) is 5.69 Å². The third kappa shape index (κ3) is 2.68. The topological polar surface area (TPSA) is 49.8 Å². The zero-order valence-electron chi connectivity index (χ0n) is 9.50. The number of carbonyl (C=O) groups is 1. The van der Waals surface area contributed by atoms with Gasteiger partial charge in [-0.25, -0.2) is 0 Å². The SMILES string of the molecule is Cc1c[nH]c(=S)n1C(C)C(=O)NC(C)C. The Labute approximate surface area is 94.7 Å². The van der Waals surface area contributed by atoms with Crippen LogP contribution in [0.1, 0.15) is 32.5 Å². The summed E-state index contributed by atoms with van der Waals surface area (Å²) in [7, 11) is 0. The van der Waals surface area contributed by atoms with Crippen LogP contribution >= 0.6 is 12.2 Å². The van der Waals surface area contributed by atoms with Gasteiger partial charge in [-0.05, 0) is 39.9 Å². The van der Waals surface area contributed by atoms with Crippen LogP contribution in [0.15, 0.2) is 6.20 Å². The molecule has 1 unspecified atom stereocenters. The molecule has 0 saturated heterocycles. The lowest BCUT2D eigenvalue weighted by Gasteiger charge is -2.17. The monoisotopic (exact) mass is 227 g/mol. The first-order chi connectivity index (χ1) is 6.93. The number of aryl methyl sites for hydroxylation is 1. The molecular weight excluding hydrogens is 210 g/mol. The molecule has 0 aliphatic heterocycles. The molecule has 1 aromatic rings. The summed E-state index contributed by atoms with van der Waals surface area (Å²) in [6.45, 7) is 7.64. The first-order valence-corrected chi connectivity index (χ1v) is 5.41. The van der Waals surface area contributed by atoms with Crippen LogP contribution in [0.5, 0.6) is 0 Å². The average molecular weight is 227 g/mol. The number of rotatable bonds is 3. The van der Waals surface area contributed by atoms with Gasteiger partial charge in [0.05, 0.1) is 0 Å². The number of imidazole rings is 1. The van der Waals surface area contributed by atoms with Crippen molar-refractivity contribution in [3.8, 4) is 0 Å². The fourth-order valence-electron chi connectivity index (χ4n) is 1.47. The highest BCUT2D eigenvalue weighted by molar-refractivity contribution is 7.71. The van der Waals surface area contributed by atoms with Crippen molar-refractivity contribution >= 4 is 18.1 Å². The summed E-state index contributed by atoms with van der Waals surface area (Å²) in [5.74, 6) is -0.0104. The maximum atomic E-state index is 11.8. The molecule has 0 aliphatic carbocycles. The molecular formula is C10H17N3OS. The van der Waals surface area contributed by atoms with Crippen molar-refractivity contribution in [3.05, 3.63) is 16.7 Å². The molecule has 0 fully saturated rings. The lowest BCUT2D eigenvalue weighted by molar-refractivity contribution is -0.124. The van der Waals surface area contributed by atoms with Gasteiger partial charge in [0.1, 0.15) is 6.04 Å². The van der Waals surface area contributed by atoms with Crippen LogP contribution in [0.3, 0.4) is 0 Å². The molecule has 1 heterocycles. The van der Waals surface area contributed by atoms with Crippen LogP contribution in [-0.4, -0.2) is 21.5 Å². The highest BCUT2D eigenvalue weighted by atomic mass is 32.1. The first-order valence-electron chi connectivity index (χ1n) is 5.00. The summed E-state index contributed by atoms with van der Waals surface area (Å²) >= 11 is 5.11. The van der Waals surface area contributed by atoms with Gasteiger partial charge in [0, 0.05) is 17.9 Å². The van der Waals surface area contributed by atoms with Gasteiger partial charge in [-0.3, -0.25) is 4.79 Å². The number of carbonyl (C=O) groups excluding carboxylic acids is 1. The zero-order valence-corrected chi connectivity index (χ0v) is 10.3. The molecule has 1 aromatic heterocycles. The maximum absolute atomic E-state index is 11.8. The summed E-state index contributed by atoms with van der Waals surface area (Å²) in [6, 6.07) is -0.125. The molecule has 0 aromatic carbocycles. The first kappa shape index (κ1) is 12.0. The van der Waals surface area contributed by atoms with Crippen molar-refractivity contribution < 1.29 is 4.79 Å². The number of nitrogens with zero attached hydrogens (tertiary/aromatic N) is 1. The van der Waals surface area contributed by atoms with Crippen molar-refractivity contribution in [2.75, 3.05) is 0 Å². The van der Waals surface area contributed by atoms with Gasteiger partial charge >= 0.3 is 0 Å². The second-order valence-electron chi connectivity index (χ2n) is 3.94. The van der Waals surface area contributed by atoms with Crippen molar-refractivity contribution in [2.24, 2.45) is 0 Å². The van der Waals surface area contributed by atoms with Crippen molar-refractivity contribution in [2.45, 2.75) is 39.8 Å². The minimum absolute atomic E-state index is 0.0104. The van der Waals surface area contributed by atoms with Gasteiger partial charge in [0.25, 0.3) is 0 Å². The Morgan fingerprint density at radius 3 is 2.53 bits per heavy atom. The Bertz CT molecular complexity index is 405. The molecule has 4 nitrogen and oxygen atoms in total. The predicted molar refractivity (Wildman–Crippen MR) is 62.3 cm³/mol. The van der Waals surface area contributed by atoms with Gasteiger partial charge in [-0.1, -0.05) is 0 Å². The fourth-order valence-corrected chi connectivity index (χ4v) is 1.83. The van der Waals surface area contributed by atoms with Gasteiger partial charge in [-0.15, -0.1) is 0 Å². The van der Waals surface area contributed by atoms with E-state index in [2.05, 4.69) is 10.3 Å². The van der Waals surface area contributed by atoms with Gasteiger partial charge in [-0.2, -0.15) is 0 Å². The second-order valence-corrected chi connectivity index (χ2v) is 4.33. The standard InChI is InChI=1S/C10H17N3OS/c1-6(2)12-9(14)8(4)13-7(3)5-11-10(13)15/h5-6,8H,1-4H3,(H,11,15)(H,12,14). The molecule has 0 saturated carbocycles. The smallest absolute Gasteiger partial charge is 0.243 e. The molecule has 1 rings (SSSR count). The second kappa shape index (κ2) is 4.61. The van der Waals surface area contributed by atoms with Crippen molar-refractivity contribution in [1.82, 2.24) is 14.9 Å². The fraction of sp³-hybridized carbons (Fsp3) is 0.600. The van der Waals surface area contributed by atoms with Gasteiger partial charge in [0.2, 0.25) is 5.91 Å². The summed E-state index contributed by atoms with van der Waals surface area (Å²) in [6.07, 6.45) is 1.81. The number of aromatic nitrogens is 2. The van der Waals surface area contributed by atoms with Gasteiger partial charge < -0.3 is 14.9 Å².